The van der Waals surface area contributed by atoms with Crippen molar-refractivity contribution in [2.75, 3.05) is 13.1 Å². The molecule has 0 radical (unpaired) electrons. The van der Waals surface area contributed by atoms with Crippen molar-refractivity contribution < 1.29 is 9.59 Å². The molecular weight excluding hydrogens is 276 g/mol. The first-order valence-corrected chi connectivity index (χ1v) is 7.62. The van der Waals surface area contributed by atoms with Crippen LogP contribution < -0.4 is 11.1 Å². The molecule has 1 atom stereocenters. The van der Waals surface area contributed by atoms with Crippen molar-refractivity contribution >= 4 is 23.2 Å². The number of nitrogens with one attached hydrogen (secondary N) is 1. The molecule has 2 amide bonds. The van der Waals surface area contributed by atoms with Gasteiger partial charge < -0.3 is 16.0 Å². The molecule has 2 heterocycles. The Morgan fingerprint density at radius 1 is 1.50 bits per heavy atom. The molecular formula is C13H20N4O2S. The van der Waals surface area contributed by atoms with Crippen molar-refractivity contribution in [3.63, 3.8) is 0 Å². The van der Waals surface area contributed by atoms with Crippen LogP contribution in [-0.2, 0) is 4.79 Å². The smallest absolute Gasteiger partial charge is 0.273 e. The minimum absolute atomic E-state index is 0.0177. The summed E-state index contributed by atoms with van der Waals surface area (Å²) in [5.41, 5.74) is 6.23. The van der Waals surface area contributed by atoms with Crippen molar-refractivity contribution in [2.24, 2.45) is 5.73 Å². The summed E-state index contributed by atoms with van der Waals surface area (Å²) < 4.78 is 0. The van der Waals surface area contributed by atoms with E-state index in [1.54, 1.807) is 10.3 Å². The van der Waals surface area contributed by atoms with Crippen molar-refractivity contribution in [1.29, 1.82) is 0 Å². The van der Waals surface area contributed by atoms with Gasteiger partial charge in [0.1, 0.15) is 10.7 Å². The van der Waals surface area contributed by atoms with Crippen LogP contribution >= 0.6 is 11.3 Å². The third kappa shape index (κ3) is 3.55. The first-order chi connectivity index (χ1) is 9.47. The fourth-order valence-corrected chi connectivity index (χ4v) is 3.02. The van der Waals surface area contributed by atoms with Crippen molar-refractivity contribution in [3.05, 3.63) is 16.1 Å². The second-order valence-corrected chi connectivity index (χ2v) is 6.02. The molecule has 0 aromatic carbocycles. The Bertz CT molecular complexity index is 492. The Labute approximate surface area is 122 Å². The molecule has 0 saturated carbocycles. The summed E-state index contributed by atoms with van der Waals surface area (Å²) in [6.45, 7) is 4.66. The Kier molecular flexibility index (Phi) is 4.72. The molecule has 1 saturated heterocycles. The van der Waals surface area contributed by atoms with Gasteiger partial charge >= 0.3 is 0 Å². The zero-order chi connectivity index (χ0) is 14.7. The molecule has 1 aliphatic rings. The van der Waals surface area contributed by atoms with Gasteiger partial charge in [0.2, 0.25) is 5.91 Å². The highest BCUT2D eigenvalue weighted by Crippen LogP contribution is 2.19. The summed E-state index contributed by atoms with van der Waals surface area (Å²) in [6, 6.07) is 0.0265. The average molecular weight is 296 g/mol. The molecule has 7 heteroatoms. The number of amides is 2. The second kappa shape index (κ2) is 6.32. The van der Waals surface area contributed by atoms with E-state index in [2.05, 4.69) is 10.3 Å². The standard InChI is InChI=1S/C13H20N4O2S/c1-8(14)12-16-11(7-20-12)13(19)17-5-3-10(4-6-17)15-9(2)18/h7-8,10H,3-6,14H2,1-2H3,(H,15,18). The van der Waals surface area contributed by atoms with Crippen LogP contribution in [0, 0.1) is 0 Å². The van der Waals surface area contributed by atoms with Crippen molar-refractivity contribution in [3.8, 4) is 0 Å². The molecule has 3 N–H and O–H groups in total. The maximum Gasteiger partial charge on any atom is 0.273 e. The fraction of sp³-hybridized carbons (Fsp3) is 0.615. The Balaban J connectivity index is 1.92. The summed E-state index contributed by atoms with van der Waals surface area (Å²) in [7, 11) is 0. The van der Waals surface area contributed by atoms with Gasteiger partial charge in [0.15, 0.2) is 0 Å². The summed E-state index contributed by atoms with van der Waals surface area (Å²) in [5, 5.41) is 5.44. The fourth-order valence-electron chi connectivity index (χ4n) is 2.27. The van der Waals surface area contributed by atoms with E-state index in [-0.39, 0.29) is 23.9 Å². The van der Waals surface area contributed by atoms with Gasteiger partial charge in [-0.2, -0.15) is 0 Å². The van der Waals surface area contributed by atoms with E-state index in [0.29, 0.717) is 18.8 Å². The number of likely N-dealkylation sites (tertiary alicyclic amines) is 1. The largest absolute Gasteiger partial charge is 0.353 e. The molecule has 1 unspecified atom stereocenters. The van der Waals surface area contributed by atoms with E-state index in [9.17, 15) is 9.59 Å². The lowest BCUT2D eigenvalue weighted by atomic mass is 10.0. The SMILES string of the molecule is CC(=O)NC1CCN(C(=O)c2csc(C(C)N)n2)CC1. The Morgan fingerprint density at radius 3 is 2.65 bits per heavy atom. The maximum atomic E-state index is 12.3. The van der Waals surface area contributed by atoms with Gasteiger partial charge in [-0.15, -0.1) is 11.3 Å². The van der Waals surface area contributed by atoms with E-state index in [0.717, 1.165) is 17.8 Å². The molecule has 2 rings (SSSR count). The zero-order valence-electron chi connectivity index (χ0n) is 11.8. The quantitative estimate of drug-likeness (QED) is 0.867. The molecule has 110 valence electrons. The minimum atomic E-state index is -0.146. The molecule has 1 aromatic rings. The molecule has 0 aliphatic carbocycles. The van der Waals surface area contributed by atoms with Gasteiger partial charge in [0.25, 0.3) is 5.91 Å². The Hall–Kier alpha value is -1.47. The van der Waals surface area contributed by atoms with Gasteiger partial charge in [0.05, 0.1) is 6.04 Å². The third-order valence-corrected chi connectivity index (χ3v) is 4.37. The maximum absolute atomic E-state index is 12.3. The van der Waals surface area contributed by atoms with Crippen molar-refractivity contribution in [1.82, 2.24) is 15.2 Å². The molecule has 20 heavy (non-hydrogen) atoms. The second-order valence-electron chi connectivity index (χ2n) is 5.13. The van der Waals surface area contributed by atoms with Crippen LogP contribution in [0.15, 0.2) is 5.38 Å². The van der Waals surface area contributed by atoms with Gasteiger partial charge in [-0.25, -0.2) is 4.98 Å². The van der Waals surface area contributed by atoms with Gasteiger partial charge in [-0.05, 0) is 19.8 Å². The predicted octanol–water partition coefficient (Wildman–Crippen LogP) is 0.903. The van der Waals surface area contributed by atoms with Crippen molar-refractivity contribution in [2.45, 2.75) is 38.8 Å². The molecule has 1 aromatic heterocycles. The van der Waals surface area contributed by atoms with E-state index in [1.807, 2.05) is 6.92 Å². The van der Waals surface area contributed by atoms with E-state index < -0.39 is 0 Å². The predicted molar refractivity (Wildman–Crippen MR) is 77.5 cm³/mol. The van der Waals surface area contributed by atoms with Crippen LogP contribution in [0.1, 0.15) is 48.2 Å². The first kappa shape index (κ1) is 14.9. The minimum Gasteiger partial charge on any atom is -0.353 e. The molecule has 6 nitrogen and oxygen atoms in total. The molecule has 0 spiro atoms. The summed E-state index contributed by atoms with van der Waals surface area (Å²) in [6.07, 6.45) is 1.57. The van der Waals surface area contributed by atoms with E-state index in [1.165, 1.54) is 18.3 Å². The number of thiazole rings is 1. The lowest BCUT2D eigenvalue weighted by Gasteiger charge is -2.31. The van der Waals surface area contributed by atoms with E-state index >= 15 is 0 Å². The monoisotopic (exact) mass is 296 g/mol. The van der Waals surface area contributed by atoms with Gasteiger partial charge in [0, 0.05) is 31.4 Å². The molecule has 1 fully saturated rings. The molecule has 0 bridgehead atoms. The number of piperidine rings is 1. The number of carbonyl (C=O) groups excluding carboxylic acids is 2. The lowest BCUT2D eigenvalue weighted by molar-refractivity contribution is -0.119. The van der Waals surface area contributed by atoms with E-state index in [4.69, 9.17) is 5.73 Å². The summed E-state index contributed by atoms with van der Waals surface area (Å²) in [4.78, 5) is 29.4. The first-order valence-electron chi connectivity index (χ1n) is 6.74. The van der Waals surface area contributed by atoms with Crippen LogP contribution in [0.25, 0.3) is 0 Å². The molecule has 1 aliphatic heterocycles. The van der Waals surface area contributed by atoms with Crippen LogP contribution in [-0.4, -0.2) is 40.8 Å². The number of nitrogens with two attached hydrogens (primary N) is 1. The highest BCUT2D eigenvalue weighted by atomic mass is 32.1. The highest BCUT2D eigenvalue weighted by Gasteiger charge is 2.25. The summed E-state index contributed by atoms with van der Waals surface area (Å²) >= 11 is 1.42. The number of hydrogen-bond acceptors (Lipinski definition) is 5. The topological polar surface area (TPSA) is 88.3 Å². The van der Waals surface area contributed by atoms with Gasteiger partial charge in [-0.1, -0.05) is 0 Å². The highest BCUT2D eigenvalue weighted by molar-refractivity contribution is 7.09. The van der Waals surface area contributed by atoms with Gasteiger partial charge in [-0.3, -0.25) is 9.59 Å². The Morgan fingerprint density at radius 2 is 2.15 bits per heavy atom. The number of rotatable bonds is 3. The lowest BCUT2D eigenvalue weighted by Crippen LogP contribution is -2.46. The zero-order valence-corrected chi connectivity index (χ0v) is 12.6. The number of nitrogens with zero attached hydrogens (tertiary/aromatic N) is 2. The van der Waals surface area contributed by atoms with Crippen LogP contribution in [0.2, 0.25) is 0 Å². The van der Waals surface area contributed by atoms with Crippen LogP contribution in [0.4, 0.5) is 0 Å². The number of carbonyl (C=O) groups is 2. The third-order valence-electron chi connectivity index (χ3n) is 3.32. The average Bonchev–Trinajstić information content (AvgIpc) is 2.88. The summed E-state index contributed by atoms with van der Waals surface area (Å²) in [5.74, 6) is -0.0646. The number of aromatic nitrogens is 1. The van der Waals surface area contributed by atoms with Crippen LogP contribution in [0.3, 0.4) is 0 Å². The normalized spacial score (nSPS) is 17.9. The van der Waals surface area contributed by atoms with Crippen LogP contribution in [0.5, 0.6) is 0 Å². The number of hydrogen-bond donors (Lipinski definition) is 2.